The molecule has 0 radical (unpaired) electrons. The van der Waals surface area contributed by atoms with Crippen LogP contribution in [0, 0.1) is 23.2 Å². The maximum absolute atomic E-state index is 12.7. The van der Waals surface area contributed by atoms with Gasteiger partial charge in [0.05, 0.1) is 17.6 Å². The summed E-state index contributed by atoms with van der Waals surface area (Å²) in [7, 11) is 0. The molecule has 4 heteroatoms. The van der Waals surface area contributed by atoms with Gasteiger partial charge in [0.2, 0.25) is 5.91 Å². The van der Waals surface area contributed by atoms with E-state index in [0.717, 1.165) is 25.8 Å². The maximum Gasteiger partial charge on any atom is 0.230 e. The Morgan fingerprint density at radius 1 is 1.44 bits per heavy atom. The summed E-state index contributed by atoms with van der Waals surface area (Å²) in [5, 5.41) is 10.3. The van der Waals surface area contributed by atoms with Gasteiger partial charge in [-0.25, -0.2) is 0 Å². The van der Waals surface area contributed by atoms with Crippen LogP contribution in [-0.4, -0.2) is 41.1 Å². The summed E-state index contributed by atoms with van der Waals surface area (Å²) >= 11 is 0. The molecule has 0 spiro atoms. The molecular weight excluding hydrogens is 228 g/mol. The second kappa shape index (κ2) is 3.94. The van der Waals surface area contributed by atoms with Crippen LogP contribution in [0.1, 0.15) is 33.1 Å². The minimum absolute atomic E-state index is 0.0821. The van der Waals surface area contributed by atoms with E-state index in [4.69, 9.17) is 5.73 Å². The highest BCUT2D eigenvalue weighted by Gasteiger charge is 2.60. The van der Waals surface area contributed by atoms with Gasteiger partial charge < -0.3 is 15.7 Å². The first-order valence-corrected chi connectivity index (χ1v) is 7.21. The van der Waals surface area contributed by atoms with Crippen LogP contribution < -0.4 is 5.73 Å². The SMILES string of the molecule is CCC(C)(CN)C(=O)N1CC2CC3CC2C1C3O. The lowest BCUT2D eigenvalue weighted by Crippen LogP contribution is -2.51. The number of hydrogen-bond acceptors (Lipinski definition) is 3. The number of nitrogens with two attached hydrogens (primary N) is 1. The molecular formula is C14H24N2O2. The highest BCUT2D eigenvalue weighted by Crippen LogP contribution is 2.55. The van der Waals surface area contributed by atoms with Crippen molar-refractivity contribution >= 4 is 5.91 Å². The number of aliphatic hydroxyl groups is 1. The van der Waals surface area contributed by atoms with E-state index in [1.165, 1.54) is 0 Å². The van der Waals surface area contributed by atoms with E-state index in [9.17, 15) is 9.90 Å². The molecule has 2 saturated carbocycles. The first-order valence-electron chi connectivity index (χ1n) is 7.21. The van der Waals surface area contributed by atoms with E-state index in [2.05, 4.69) is 0 Å². The Balaban J connectivity index is 1.84. The van der Waals surface area contributed by atoms with Crippen molar-refractivity contribution in [2.45, 2.75) is 45.3 Å². The minimum atomic E-state index is -0.457. The average Bonchev–Trinajstić information content (AvgIpc) is 2.98. The Morgan fingerprint density at radius 2 is 2.17 bits per heavy atom. The second-order valence-corrected chi connectivity index (χ2v) is 6.71. The quantitative estimate of drug-likeness (QED) is 0.772. The molecule has 1 heterocycles. The van der Waals surface area contributed by atoms with Crippen LogP contribution in [0.4, 0.5) is 0 Å². The molecule has 1 aliphatic heterocycles. The molecule has 4 nitrogen and oxygen atoms in total. The van der Waals surface area contributed by atoms with Crippen LogP contribution in [0.15, 0.2) is 0 Å². The molecule has 0 aromatic rings. The summed E-state index contributed by atoms with van der Waals surface area (Å²) in [5.41, 5.74) is 5.34. The number of nitrogens with zero attached hydrogens (tertiary/aromatic N) is 1. The molecule has 0 aromatic heterocycles. The van der Waals surface area contributed by atoms with Crippen LogP contribution >= 0.6 is 0 Å². The van der Waals surface area contributed by atoms with Gasteiger partial charge in [0.1, 0.15) is 0 Å². The second-order valence-electron chi connectivity index (χ2n) is 6.71. The van der Waals surface area contributed by atoms with Gasteiger partial charge in [-0.1, -0.05) is 6.92 Å². The fourth-order valence-electron chi connectivity index (χ4n) is 4.38. The number of aliphatic hydroxyl groups excluding tert-OH is 1. The van der Waals surface area contributed by atoms with Crippen molar-refractivity contribution in [2.75, 3.05) is 13.1 Å². The molecule has 2 aliphatic carbocycles. The molecule has 6 unspecified atom stereocenters. The highest BCUT2D eigenvalue weighted by atomic mass is 16.3. The summed E-state index contributed by atoms with van der Waals surface area (Å²) in [5.74, 6) is 1.78. The molecule has 1 amide bonds. The largest absolute Gasteiger partial charge is 0.391 e. The van der Waals surface area contributed by atoms with Crippen molar-refractivity contribution in [1.29, 1.82) is 0 Å². The lowest BCUT2D eigenvalue weighted by atomic mass is 9.85. The third-order valence-corrected chi connectivity index (χ3v) is 5.86. The number of fused-ring (bicyclic) bond motifs is 1. The van der Waals surface area contributed by atoms with Crippen LogP contribution in [0.2, 0.25) is 0 Å². The van der Waals surface area contributed by atoms with Gasteiger partial charge in [0.15, 0.2) is 0 Å². The van der Waals surface area contributed by atoms with Gasteiger partial charge in [-0.2, -0.15) is 0 Å². The third kappa shape index (κ3) is 1.42. The molecule has 3 rings (SSSR count). The standard InChI is InChI=1S/C14H24N2O2/c1-3-14(2,7-15)13(18)16-6-9-4-8-5-10(9)11(16)12(8)17/h8-12,17H,3-7,15H2,1-2H3. The van der Waals surface area contributed by atoms with E-state index in [-0.39, 0.29) is 18.1 Å². The summed E-state index contributed by atoms with van der Waals surface area (Å²) < 4.78 is 0. The minimum Gasteiger partial charge on any atom is -0.391 e. The van der Waals surface area contributed by atoms with Crippen molar-refractivity contribution in [3.8, 4) is 0 Å². The van der Waals surface area contributed by atoms with Gasteiger partial charge in [0.25, 0.3) is 0 Å². The fourth-order valence-corrected chi connectivity index (χ4v) is 4.38. The van der Waals surface area contributed by atoms with Crippen molar-refractivity contribution in [3.05, 3.63) is 0 Å². The van der Waals surface area contributed by atoms with Crippen molar-refractivity contribution in [2.24, 2.45) is 28.9 Å². The molecule has 2 bridgehead atoms. The first-order chi connectivity index (χ1) is 8.51. The number of carbonyl (C=O) groups is 1. The number of carbonyl (C=O) groups excluding carboxylic acids is 1. The lowest BCUT2D eigenvalue weighted by molar-refractivity contribution is -0.144. The Hall–Kier alpha value is -0.610. The molecule has 3 aliphatic rings. The predicted octanol–water partition coefficient (Wildman–Crippen LogP) is 0.589. The summed E-state index contributed by atoms with van der Waals surface area (Å²) in [6.07, 6.45) is 2.69. The number of amides is 1. The van der Waals surface area contributed by atoms with E-state index in [1.807, 2.05) is 18.7 Å². The molecule has 3 N–H and O–H groups in total. The van der Waals surface area contributed by atoms with Crippen molar-refractivity contribution in [1.82, 2.24) is 4.90 Å². The molecule has 18 heavy (non-hydrogen) atoms. The first kappa shape index (κ1) is 12.4. The Morgan fingerprint density at radius 3 is 2.72 bits per heavy atom. The van der Waals surface area contributed by atoms with Gasteiger partial charge in [-0.3, -0.25) is 4.79 Å². The van der Waals surface area contributed by atoms with E-state index in [1.54, 1.807) is 0 Å². The predicted molar refractivity (Wildman–Crippen MR) is 68.7 cm³/mol. The maximum atomic E-state index is 12.7. The van der Waals surface area contributed by atoms with E-state index >= 15 is 0 Å². The molecule has 1 saturated heterocycles. The van der Waals surface area contributed by atoms with E-state index < -0.39 is 5.41 Å². The molecule has 0 aromatic carbocycles. The number of hydrogen-bond donors (Lipinski definition) is 2. The van der Waals surface area contributed by atoms with Gasteiger partial charge in [-0.15, -0.1) is 0 Å². The Labute approximate surface area is 109 Å². The Kier molecular flexibility index (Phi) is 2.72. The molecule has 6 atom stereocenters. The van der Waals surface area contributed by atoms with Crippen LogP contribution in [0.25, 0.3) is 0 Å². The zero-order valence-electron chi connectivity index (χ0n) is 11.3. The van der Waals surface area contributed by atoms with Crippen LogP contribution in [0.3, 0.4) is 0 Å². The third-order valence-electron chi connectivity index (χ3n) is 5.86. The lowest BCUT2D eigenvalue weighted by Gasteiger charge is -2.35. The highest BCUT2D eigenvalue weighted by molar-refractivity contribution is 5.83. The van der Waals surface area contributed by atoms with Crippen LogP contribution in [0.5, 0.6) is 0 Å². The Bertz CT molecular complexity index is 365. The van der Waals surface area contributed by atoms with Crippen LogP contribution in [-0.2, 0) is 4.79 Å². The van der Waals surface area contributed by atoms with Gasteiger partial charge in [0, 0.05) is 13.1 Å². The summed E-state index contributed by atoms with van der Waals surface area (Å²) in [6, 6.07) is 0.0821. The van der Waals surface area contributed by atoms with Gasteiger partial charge >= 0.3 is 0 Å². The average molecular weight is 252 g/mol. The van der Waals surface area contributed by atoms with Crippen molar-refractivity contribution < 1.29 is 9.90 Å². The molecule has 3 fully saturated rings. The summed E-state index contributed by atoms with van der Waals surface area (Å²) in [6.45, 7) is 5.20. The monoisotopic (exact) mass is 252 g/mol. The summed E-state index contributed by atoms with van der Waals surface area (Å²) in [4.78, 5) is 14.7. The van der Waals surface area contributed by atoms with E-state index in [0.29, 0.717) is 24.3 Å². The number of rotatable bonds is 3. The van der Waals surface area contributed by atoms with Crippen molar-refractivity contribution in [3.63, 3.8) is 0 Å². The fraction of sp³-hybridized carbons (Fsp3) is 0.929. The number of likely N-dealkylation sites (tertiary alicyclic amines) is 1. The zero-order chi connectivity index (χ0) is 13.1. The molecule has 102 valence electrons. The topological polar surface area (TPSA) is 66.6 Å². The smallest absolute Gasteiger partial charge is 0.230 e. The van der Waals surface area contributed by atoms with Gasteiger partial charge in [-0.05, 0) is 43.9 Å². The zero-order valence-corrected chi connectivity index (χ0v) is 11.3. The normalized spacial score (nSPS) is 44.4.